The molecular weight excluding hydrogens is 269 g/mol. The van der Waals surface area contributed by atoms with E-state index < -0.39 is 12.0 Å². The van der Waals surface area contributed by atoms with E-state index in [1.54, 1.807) is 12.1 Å². The van der Waals surface area contributed by atoms with Crippen molar-refractivity contribution in [3.05, 3.63) is 71.0 Å². The summed E-state index contributed by atoms with van der Waals surface area (Å²) in [7, 11) is 0. The molecule has 110 valence electrons. The zero-order valence-corrected chi connectivity index (χ0v) is 11.6. The molecule has 0 amide bonds. The van der Waals surface area contributed by atoms with Crippen molar-refractivity contribution in [1.29, 1.82) is 0 Å². The number of carboxylic acid groups (broad SMARTS) is 1. The maximum Gasteiger partial charge on any atom is 0.320 e. The van der Waals surface area contributed by atoms with Crippen molar-refractivity contribution in [3.8, 4) is 0 Å². The average molecular weight is 287 g/mol. The lowest BCUT2D eigenvalue weighted by Crippen LogP contribution is -2.32. The summed E-state index contributed by atoms with van der Waals surface area (Å²) >= 11 is 0. The molecule has 0 saturated carbocycles. The molecular formula is C17H18FNO2. The fraction of sp³-hybridized carbons (Fsp3) is 0.235. The highest BCUT2D eigenvalue weighted by atomic mass is 19.1. The predicted molar refractivity (Wildman–Crippen MR) is 79.6 cm³/mol. The van der Waals surface area contributed by atoms with E-state index in [0.717, 1.165) is 12.0 Å². The third-order valence-corrected chi connectivity index (χ3v) is 3.42. The molecule has 3 nitrogen and oxygen atoms in total. The van der Waals surface area contributed by atoms with Crippen molar-refractivity contribution >= 4 is 5.97 Å². The van der Waals surface area contributed by atoms with Gasteiger partial charge in [0, 0.05) is 0 Å². The maximum absolute atomic E-state index is 14.0. The summed E-state index contributed by atoms with van der Waals surface area (Å²) in [6.07, 6.45) is 1.51. The molecule has 2 rings (SSSR count). The first-order chi connectivity index (χ1) is 10.1. The molecule has 0 unspecified atom stereocenters. The Kier molecular flexibility index (Phi) is 5.06. The molecule has 2 aromatic rings. The summed E-state index contributed by atoms with van der Waals surface area (Å²) in [5.41, 5.74) is 7.84. The van der Waals surface area contributed by atoms with Gasteiger partial charge in [-0.2, -0.15) is 0 Å². The van der Waals surface area contributed by atoms with Crippen LogP contribution >= 0.6 is 0 Å². The second-order valence-corrected chi connectivity index (χ2v) is 5.06. The molecule has 0 heterocycles. The molecule has 0 radical (unpaired) electrons. The molecule has 0 saturated heterocycles. The Morgan fingerprint density at radius 1 is 1.10 bits per heavy atom. The van der Waals surface area contributed by atoms with E-state index in [2.05, 4.69) is 0 Å². The van der Waals surface area contributed by atoms with Crippen molar-refractivity contribution in [1.82, 2.24) is 0 Å². The zero-order valence-electron chi connectivity index (χ0n) is 11.6. The SMILES string of the molecule is N[C@@H](Cc1ccc(CCc2ccccc2)c(F)c1)C(=O)O. The van der Waals surface area contributed by atoms with E-state index in [9.17, 15) is 9.18 Å². The monoisotopic (exact) mass is 287 g/mol. The normalized spacial score (nSPS) is 12.1. The zero-order chi connectivity index (χ0) is 15.2. The quantitative estimate of drug-likeness (QED) is 0.858. The smallest absolute Gasteiger partial charge is 0.320 e. The summed E-state index contributed by atoms with van der Waals surface area (Å²) in [5, 5.41) is 8.76. The first-order valence-electron chi connectivity index (χ1n) is 6.86. The Morgan fingerprint density at radius 3 is 2.43 bits per heavy atom. The number of hydrogen-bond donors (Lipinski definition) is 2. The molecule has 0 spiro atoms. The molecule has 0 aliphatic rings. The molecule has 0 fully saturated rings. The van der Waals surface area contributed by atoms with E-state index in [-0.39, 0.29) is 12.2 Å². The minimum atomic E-state index is -1.08. The number of aliphatic carboxylic acids is 1. The number of nitrogens with two attached hydrogens (primary N) is 1. The van der Waals surface area contributed by atoms with Crippen LogP contribution in [-0.2, 0) is 24.1 Å². The van der Waals surface area contributed by atoms with Crippen LogP contribution < -0.4 is 5.73 Å². The minimum Gasteiger partial charge on any atom is -0.480 e. The fourth-order valence-corrected chi connectivity index (χ4v) is 2.19. The predicted octanol–water partition coefficient (Wildman–Crippen LogP) is 2.57. The minimum absolute atomic E-state index is 0.130. The van der Waals surface area contributed by atoms with Gasteiger partial charge < -0.3 is 10.8 Å². The van der Waals surface area contributed by atoms with Gasteiger partial charge in [0.1, 0.15) is 11.9 Å². The highest BCUT2D eigenvalue weighted by molar-refractivity contribution is 5.73. The van der Waals surface area contributed by atoms with E-state index in [4.69, 9.17) is 10.8 Å². The summed E-state index contributed by atoms with van der Waals surface area (Å²) < 4.78 is 14.0. The van der Waals surface area contributed by atoms with Gasteiger partial charge in [-0.1, -0.05) is 42.5 Å². The number of aryl methyl sites for hydroxylation is 2. The van der Waals surface area contributed by atoms with Crippen molar-refractivity contribution in [2.75, 3.05) is 0 Å². The molecule has 0 bridgehead atoms. The molecule has 2 aromatic carbocycles. The van der Waals surface area contributed by atoms with Crippen molar-refractivity contribution in [2.24, 2.45) is 5.73 Å². The van der Waals surface area contributed by atoms with Crippen LogP contribution in [0.25, 0.3) is 0 Å². The van der Waals surface area contributed by atoms with Gasteiger partial charge >= 0.3 is 5.97 Å². The van der Waals surface area contributed by atoms with E-state index in [1.807, 2.05) is 30.3 Å². The summed E-state index contributed by atoms with van der Waals surface area (Å²) in [5.74, 6) is -1.38. The molecule has 21 heavy (non-hydrogen) atoms. The summed E-state index contributed by atoms with van der Waals surface area (Å²) in [6, 6.07) is 13.7. The van der Waals surface area contributed by atoms with Gasteiger partial charge in [0.05, 0.1) is 0 Å². The highest BCUT2D eigenvalue weighted by Crippen LogP contribution is 2.14. The summed E-state index contributed by atoms with van der Waals surface area (Å²) in [6.45, 7) is 0. The number of hydrogen-bond acceptors (Lipinski definition) is 2. The van der Waals surface area contributed by atoms with E-state index >= 15 is 0 Å². The van der Waals surface area contributed by atoms with Crippen LogP contribution in [0.3, 0.4) is 0 Å². The fourth-order valence-electron chi connectivity index (χ4n) is 2.19. The Morgan fingerprint density at radius 2 is 1.81 bits per heavy atom. The standard InChI is InChI=1S/C17H18FNO2/c18-15-10-13(11-16(19)17(20)21)7-9-14(15)8-6-12-4-2-1-3-5-12/h1-5,7,9-10,16H,6,8,11,19H2,(H,20,21)/t16-/m0/s1. The van der Waals surface area contributed by atoms with Gasteiger partial charge in [-0.15, -0.1) is 0 Å². The van der Waals surface area contributed by atoms with Crippen LogP contribution in [0, 0.1) is 5.82 Å². The average Bonchev–Trinajstić information content (AvgIpc) is 2.47. The molecule has 1 atom stereocenters. The van der Waals surface area contributed by atoms with Crippen molar-refractivity contribution in [3.63, 3.8) is 0 Å². The topological polar surface area (TPSA) is 63.3 Å². The third kappa shape index (κ3) is 4.39. The lowest BCUT2D eigenvalue weighted by atomic mass is 10.00. The molecule has 3 N–H and O–H groups in total. The van der Waals surface area contributed by atoms with Crippen molar-refractivity contribution < 1.29 is 14.3 Å². The summed E-state index contributed by atoms with van der Waals surface area (Å²) in [4.78, 5) is 10.7. The van der Waals surface area contributed by atoms with Crippen LogP contribution in [0.5, 0.6) is 0 Å². The third-order valence-electron chi connectivity index (χ3n) is 3.42. The molecule has 0 aromatic heterocycles. The van der Waals surface area contributed by atoms with Gasteiger partial charge in [0.2, 0.25) is 0 Å². The van der Waals surface area contributed by atoms with Crippen LogP contribution in [-0.4, -0.2) is 17.1 Å². The van der Waals surface area contributed by atoms with Crippen LogP contribution in [0.15, 0.2) is 48.5 Å². The number of carboxylic acids is 1. The Hall–Kier alpha value is -2.20. The van der Waals surface area contributed by atoms with Gasteiger partial charge in [-0.25, -0.2) is 4.39 Å². The Balaban J connectivity index is 2.00. The Labute approximate surface area is 123 Å². The van der Waals surface area contributed by atoms with Crippen LogP contribution in [0.4, 0.5) is 4.39 Å². The number of rotatable bonds is 6. The molecule has 0 aliphatic carbocycles. The number of halogens is 1. The largest absolute Gasteiger partial charge is 0.480 e. The molecule has 4 heteroatoms. The van der Waals surface area contributed by atoms with Gasteiger partial charge in [0.25, 0.3) is 0 Å². The first kappa shape index (κ1) is 15.2. The van der Waals surface area contributed by atoms with Gasteiger partial charge in [0.15, 0.2) is 0 Å². The van der Waals surface area contributed by atoms with Crippen molar-refractivity contribution in [2.45, 2.75) is 25.3 Å². The lowest BCUT2D eigenvalue weighted by Gasteiger charge is -2.09. The van der Waals surface area contributed by atoms with E-state index in [1.165, 1.54) is 6.07 Å². The van der Waals surface area contributed by atoms with Crippen LogP contribution in [0.2, 0.25) is 0 Å². The first-order valence-corrected chi connectivity index (χ1v) is 6.86. The van der Waals surface area contributed by atoms with E-state index in [0.29, 0.717) is 17.5 Å². The number of benzene rings is 2. The van der Waals surface area contributed by atoms with Gasteiger partial charge in [-0.05, 0) is 42.0 Å². The molecule has 0 aliphatic heterocycles. The van der Waals surface area contributed by atoms with Crippen LogP contribution in [0.1, 0.15) is 16.7 Å². The second-order valence-electron chi connectivity index (χ2n) is 5.06. The lowest BCUT2D eigenvalue weighted by molar-refractivity contribution is -0.138. The Bertz CT molecular complexity index is 613. The number of carbonyl (C=O) groups is 1. The maximum atomic E-state index is 14.0. The highest BCUT2D eigenvalue weighted by Gasteiger charge is 2.13. The second kappa shape index (κ2) is 6.99. The van der Waals surface area contributed by atoms with Gasteiger partial charge in [-0.3, -0.25) is 4.79 Å².